The van der Waals surface area contributed by atoms with E-state index in [-0.39, 0.29) is 45.9 Å². The van der Waals surface area contributed by atoms with Gasteiger partial charge in [0.05, 0.1) is 42.6 Å². The third kappa shape index (κ3) is 10.9. The van der Waals surface area contributed by atoms with Crippen molar-refractivity contribution < 1.29 is 40.8 Å². The molecule has 0 atom stereocenters. The molecule has 0 unspecified atom stereocenters. The van der Waals surface area contributed by atoms with Gasteiger partial charge >= 0.3 is 22.1 Å². The second-order valence-electron chi connectivity index (χ2n) is 10.3. The maximum Gasteiger partial charge on any atom is 0.442 e. The maximum absolute atomic E-state index is 12.1. The summed E-state index contributed by atoms with van der Waals surface area (Å²) in [6, 6.07) is 9.33. The normalized spacial score (nSPS) is 10.9. The lowest BCUT2D eigenvalue weighted by atomic mass is 9.97. The van der Waals surface area contributed by atoms with Gasteiger partial charge in [-0.15, -0.1) is 11.5 Å². The quantitative estimate of drug-likeness (QED) is 0.200. The van der Waals surface area contributed by atoms with E-state index in [1.165, 1.54) is 44.6 Å². The summed E-state index contributed by atoms with van der Waals surface area (Å²) in [7, 11) is -1.76. The van der Waals surface area contributed by atoms with E-state index in [4.69, 9.17) is 57.2 Å². The maximum atomic E-state index is 12.1. The van der Waals surface area contributed by atoms with E-state index in [1.54, 1.807) is 23.8 Å². The van der Waals surface area contributed by atoms with Gasteiger partial charge in [-0.1, -0.05) is 62.0 Å². The Kier molecular flexibility index (Phi) is 13.1. The molecule has 0 aliphatic carbocycles. The zero-order valence-corrected chi connectivity index (χ0v) is 29.4. The molecule has 0 bridgehead atoms. The number of hydrogen-bond donors (Lipinski definition) is 2. The first-order valence-corrected chi connectivity index (χ1v) is 16.2. The molecule has 2 N–H and O–H groups in total. The van der Waals surface area contributed by atoms with Crippen molar-refractivity contribution in [1.82, 2.24) is 24.5 Å². The van der Waals surface area contributed by atoms with Gasteiger partial charge in [-0.05, 0) is 25.1 Å². The van der Waals surface area contributed by atoms with E-state index < -0.39 is 27.5 Å². The molecular weight excluding hydrogens is 707 g/mol. The summed E-state index contributed by atoms with van der Waals surface area (Å²) >= 11 is 12.2. The number of benzene rings is 2. The Morgan fingerprint density at radius 1 is 1.00 bits per heavy atom. The molecule has 0 radical (unpaired) electrons. The van der Waals surface area contributed by atoms with Crippen LogP contribution in [0.5, 0.6) is 29.0 Å². The minimum atomic E-state index is -4.49. The Bertz CT molecular complexity index is 1970. The third-order valence-corrected chi connectivity index (χ3v) is 7.05. The van der Waals surface area contributed by atoms with Gasteiger partial charge < -0.3 is 27.5 Å². The smallest absolute Gasteiger partial charge is 0.442 e. The van der Waals surface area contributed by atoms with Crippen LogP contribution in [-0.4, -0.2) is 61.6 Å². The minimum Gasteiger partial charge on any atom is -0.490 e. The number of amides is 2. The molecule has 0 aliphatic rings. The summed E-state index contributed by atoms with van der Waals surface area (Å²) in [6.45, 7) is 7.74. The molecule has 0 aliphatic heterocycles. The molecule has 2 amide bonds. The van der Waals surface area contributed by atoms with Gasteiger partial charge in [0, 0.05) is 11.5 Å². The van der Waals surface area contributed by atoms with Crippen molar-refractivity contribution in [2.24, 2.45) is 0 Å². The number of rotatable bonds is 11. The Morgan fingerprint density at radius 3 is 2.18 bits per heavy atom. The zero-order chi connectivity index (χ0) is 36.4. The van der Waals surface area contributed by atoms with Crippen molar-refractivity contribution >= 4 is 45.5 Å². The number of ether oxygens (including phenoxy) is 4. The molecule has 2 aromatic carbocycles. The van der Waals surface area contributed by atoms with E-state index >= 15 is 0 Å². The number of halogens is 2. The number of nitrogens with zero attached hydrogens (tertiary/aromatic N) is 4. The van der Waals surface area contributed by atoms with Crippen LogP contribution < -0.4 is 38.9 Å². The molecule has 49 heavy (non-hydrogen) atoms. The first kappa shape index (κ1) is 38.3. The highest BCUT2D eigenvalue weighted by molar-refractivity contribution is 7.85. The lowest BCUT2D eigenvalue weighted by Crippen LogP contribution is -2.37. The number of urea groups is 1. The van der Waals surface area contributed by atoms with Crippen molar-refractivity contribution in [1.29, 1.82) is 0 Å². The number of carbonyl (C=O) groups excluding carboxylic acids is 1. The minimum absolute atomic E-state index is 0.0434. The molecule has 16 nitrogen and oxygen atoms in total. The molecule has 4 rings (SSSR count). The number of anilines is 1. The third-order valence-electron chi connectivity index (χ3n) is 5.62. The number of aromatic nitrogens is 4. The van der Waals surface area contributed by atoms with Gasteiger partial charge in [-0.2, -0.15) is 23.1 Å². The average Bonchev–Trinajstić information content (AvgIpc) is 3.43. The van der Waals surface area contributed by atoms with Crippen LogP contribution in [0.25, 0.3) is 5.69 Å². The predicted octanol–water partition coefficient (Wildman–Crippen LogP) is 4.78. The van der Waals surface area contributed by atoms with E-state index in [9.17, 15) is 18.0 Å². The monoisotopic (exact) mass is 738 g/mol. The van der Waals surface area contributed by atoms with Gasteiger partial charge in [0.15, 0.2) is 11.5 Å². The topological polar surface area (TPSA) is 195 Å². The molecule has 4 aromatic rings. The Balaban J connectivity index is 0.000000271. The van der Waals surface area contributed by atoms with Crippen molar-refractivity contribution in [2.75, 3.05) is 32.8 Å². The fourth-order valence-electron chi connectivity index (χ4n) is 3.49. The number of nitrogens with one attached hydrogen (secondary N) is 2. The van der Waals surface area contributed by atoms with Crippen molar-refractivity contribution in [2.45, 2.75) is 33.1 Å². The van der Waals surface area contributed by atoms with Crippen LogP contribution in [0, 0.1) is 12.3 Å². The second-order valence-corrected chi connectivity index (χ2v) is 12.4. The van der Waals surface area contributed by atoms with Crippen molar-refractivity contribution in [3.8, 4) is 47.0 Å². The van der Waals surface area contributed by atoms with Crippen molar-refractivity contribution in [3.05, 3.63) is 69.0 Å². The highest BCUT2D eigenvalue weighted by Gasteiger charge is 2.24. The fourth-order valence-corrected chi connectivity index (χ4v) is 4.70. The molecular formula is C30H32Cl2N6O10S. The van der Waals surface area contributed by atoms with E-state index in [0.29, 0.717) is 23.9 Å². The molecule has 0 saturated heterocycles. The Hall–Kier alpha value is -5.18. The summed E-state index contributed by atoms with van der Waals surface area (Å²) in [5.74, 6) is 2.45. The predicted molar refractivity (Wildman–Crippen MR) is 180 cm³/mol. The SMILES string of the molecule is C#CCOc1cc(-n2nc(C(C)(C)C)oc2=O)c(Cl)cc1Cl.CCOc1ccccc1OS(=O)(=O)NC(=O)Nc1nc(OC)cc(OC)n1. The van der Waals surface area contributed by atoms with E-state index in [0.717, 1.165) is 4.68 Å². The highest BCUT2D eigenvalue weighted by atomic mass is 35.5. The van der Waals surface area contributed by atoms with E-state index in [1.807, 2.05) is 20.8 Å². The second kappa shape index (κ2) is 16.8. The van der Waals surface area contributed by atoms with Crippen LogP contribution in [0.15, 0.2) is 51.7 Å². The van der Waals surface area contributed by atoms with Crippen LogP contribution in [-0.2, 0) is 15.7 Å². The molecule has 262 valence electrons. The summed E-state index contributed by atoms with van der Waals surface area (Å²) in [4.78, 5) is 31.7. The Morgan fingerprint density at radius 2 is 1.63 bits per heavy atom. The largest absolute Gasteiger partial charge is 0.490 e. The summed E-state index contributed by atoms with van der Waals surface area (Å²) < 4.78 is 57.4. The number of methoxy groups -OCH3 is 2. The van der Waals surface area contributed by atoms with Crippen LogP contribution >= 0.6 is 23.2 Å². The van der Waals surface area contributed by atoms with Gasteiger partial charge in [-0.25, -0.2) is 14.3 Å². The fraction of sp³-hybridized carbons (Fsp3) is 0.300. The molecule has 0 saturated carbocycles. The first-order chi connectivity index (χ1) is 23.1. The van der Waals surface area contributed by atoms with Gasteiger partial charge in [0.1, 0.15) is 12.4 Å². The number of terminal acetylenes is 1. The summed E-state index contributed by atoms with van der Waals surface area (Å²) in [5, 5.41) is 6.86. The van der Waals surface area contributed by atoms with Crippen molar-refractivity contribution in [3.63, 3.8) is 0 Å². The Labute approximate surface area is 291 Å². The average molecular weight is 740 g/mol. The molecule has 0 spiro atoms. The van der Waals surface area contributed by atoms with Crippen LogP contribution in [0.4, 0.5) is 10.7 Å². The highest BCUT2D eigenvalue weighted by Crippen LogP contribution is 2.33. The van der Waals surface area contributed by atoms with Crippen LogP contribution in [0.3, 0.4) is 0 Å². The first-order valence-electron chi connectivity index (χ1n) is 14.0. The zero-order valence-electron chi connectivity index (χ0n) is 27.1. The van der Waals surface area contributed by atoms with Gasteiger partial charge in [0.2, 0.25) is 23.6 Å². The molecule has 19 heteroatoms. The molecule has 2 aromatic heterocycles. The van der Waals surface area contributed by atoms with E-state index in [2.05, 4.69) is 26.3 Å². The van der Waals surface area contributed by atoms with Gasteiger partial charge in [0.25, 0.3) is 0 Å². The summed E-state index contributed by atoms with van der Waals surface area (Å²) in [6.07, 6.45) is 5.15. The number of carbonyl (C=O) groups is 1. The number of para-hydroxylation sites is 2. The van der Waals surface area contributed by atoms with Crippen LogP contribution in [0.1, 0.15) is 33.6 Å². The standard InChI is InChI=1S/C15H14Cl2N2O3.C15H18N4O7S/c1-5-6-21-12-8-11(9(16)7-10(12)17)19-14(20)22-13(18-19)15(2,3)4;1-4-25-10-7-5-6-8-11(10)26-27(21,22)19-15(20)18-14-16-12(23-2)9-13(17-14)24-3/h1,7-8H,6H2,2-4H3;5-9H,4H2,1-3H3,(H2,16,17,18,19,20). The summed E-state index contributed by atoms with van der Waals surface area (Å²) in [5.41, 5.74) is -0.103. The molecule has 2 heterocycles. The molecule has 0 fully saturated rings. The number of hydrogen-bond acceptors (Lipinski definition) is 13. The van der Waals surface area contributed by atoms with Crippen LogP contribution in [0.2, 0.25) is 10.0 Å². The lowest BCUT2D eigenvalue weighted by molar-refractivity contribution is 0.255. The lowest BCUT2D eigenvalue weighted by Gasteiger charge is -2.12. The van der Waals surface area contributed by atoms with Gasteiger partial charge in [-0.3, -0.25) is 5.32 Å².